The maximum Gasteiger partial charge on any atom is 0.220 e. The number of hydrogen-bond acceptors (Lipinski definition) is 5. The molecule has 0 heterocycles. The fourth-order valence-electron chi connectivity index (χ4n) is 2.93. The zero-order valence-electron chi connectivity index (χ0n) is 16.7. The Bertz CT molecular complexity index is 907. The summed E-state index contributed by atoms with van der Waals surface area (Å²) in [6, 6.07) is 12.1. The van der Waals surface area contributed by atoms with Crippen LogP contribution >= 0.6 is 0 Å². The summed E-state index contributed by atoms with van der Waals surface area (Å²) in [5.74, 6) is 1.23. The minimum Gasteiger partial charge on any atom is -0.493 e. The molecule has 0 radical (unpaired) electrons. The second kappa shape index (κ2) is 9.59. The second-order valence-corrected chi connectivity index (χ2v) is 8.57. The van der Waals surface area contributed by atoms with Crippen molar-refractivity contribution >= 4 is 15.7 Å². The van der Waals surface area contributed by atoms with Gasteiger partial charge in [-0.15, -0.1) is 0 Å². The van der Waals surface area contributed by atoms with E-state index in [1.54, 1.807) is 38.5 Å². The molecule has 0 saturated carbocycles. The van der Waals surface area contributed by atoms with Gasteiger partial charge in [0.05, 0.1) is 25.2 Å². The summed E-state index contributed by atoms with van der Waals surface area (Å²) in [7, 11) is -0.0714. The van der Waals surface area contributed by atoms with E-state index in [1.807, 2.05) is 25.1 Å². The van der Waals surface area contributed by atoms with Crippen molar-refractivity contribution in [3.05, 3.63) is 53.6 Å². The summed E-state index contributed by atoms with van der Waals surface area (Å²) in [6.45, 7) is 1.98. The third-order valence-corrected chi connectivity index (χ3v) is 5.67. The van der Waals surface area contributed by atoms with Crippen LogP contribution in [0.25, 0.3) is 0 Å². The van der Waals surface area contributed by atoms with Gasteiger partial charge in [-0.25, -0.2) is 8.42 Å². The van der Waals surface area contributed by atoms with Crippen LogP contribution in [0.5, 0.6) is 11.5 Å². The molecule has 2 aromatic carbocycles. The number of carbonyl (C=O) groups excluding carboxylic acids is 1. The van der Waals surface area contributed by atoms with E-state index >= 15 is 0 Å². The zero-order valence-corrected chi connectivity index (χ0v) is 17.5. The monoisotopic (exact) mass is 405 g/mol. The molecule has 0 unspecified atom stereocenters. The lowest BCUT2D eigenvalue weighted by atomic mass is 10.0. The number of methoxy groups -OCH3 is 2. The molecular weight excluding hydrogens is 378 g/mol. The molecule has 28 heavy (non-hydrogen) atoms. The highest BCUT2D eigenvalue weighted by Gasteiger charge is 2.15. The molecule has 2 aromatic rings. The van der Waals surface area contributed by atoms with E-state index in [9.17, 15) is 13.2 Å². The van der Waals surface area contributed by atoms with E-state index in [0.717, 1.165) is 11.1 Å². The Morgan fingerprint density at radius 1 is 1.04 bits per heavy atom. The summed E-state index contributed by atoms with van der Waals surface area (Å²) >= 11 is 0. The van der Waals surface area contributed by atoms with Crippen LogP contribution in [-0.2, 0) is 21.1 Å². The van der Waals surface area contributed by atoms with Gasteiger partial charge in [0.2, 0.25) is 5.91 Å². The maximum absolute atomic E-state index is 12.4. The van der Waals surface area contributed by atoms with Crippen molar-refractivity contribution in [2.75, 3.05) is 20.5 Å². The normalized spacial score (nSPS) is 12.3. The van der Waals surface area contributed by atoms with Crippen molar-refractivity contribution < 1.29 is 22.7 Å². The van der Waals surface area contributed by atoms with Gasteiger partial charge in [0.15, 0.2) is 21.3 Å². The highest BCUT2D eigenvalue weighted by atomic mass is 32.2. The van der Waals surface area contributed by atoms with Crippen molar-refractivity contribution in [3.63, 3.8) is 0 Å². The molecule has 0 aromatic heterocycles. The zero-order chi connectivity index (χ0) is 20.7. The molecule has 0 fully saturated rings. The molecule has 0 bridgehead atoms. The van der Waals surface area contributed by atoms with Crippen LogP contribution < -0.4 is 14.8 Å². The highest BCUT2D eigenvalue weighted by Crippen LogP contribution is 2.28. The smallest absolute Gasteiger partial charge is 0.220 e. The van der Waals surface area contributed by atoms with Gasteiger partial charge in [-0.3, -0.25) is 4.79 Å². The molecule has 6 nitrogen and oxygen atoms in total. The topological polar surface area (TPSA) is 81.7 Å². The fourth-order valence-corrected chi connectivity index (χ4v) is 3.56. The van der Waals surface area contributed by atoms with E-state index in [1.165, 1.54) is 6.26 Å². The Labute approximate surface area is 166 Å². The average Bonchev–Trinajstić information content (AvgIpc) is 2.69. The van der Waals surface area contributed by atoms with E-state index < -0.39 is 9.84 Å². The number of carbonyl (C=O) groups is 1. The van der Waals surface area contributed by atoms with E-state index in [2.05, 4.69) is 5.32 Å². The van der Waals surface area contributed by atoms with Gasteiger partial charge in [0.25, 0.3) is 0 Å². The van der Waals surface area contributed by atoms with Gasteiger partial charge in [0.1, 0.15) is 0 Å². The molecule has 1 atom stereocenters. The molecule has 0 spiro atoms. The molecule has 7 heteroatoms. The first-order valence-corrected chi connectivity index (χ1v) is 11.0. The van der Waals surface area contributed by atoms with Crippen molar-refractivity contribution in [1.82, 2.24) is 5.32 Å². The Kier molecular flexibility index (Phi) is 7.45. The lowest BCUT2D eigenvalue weighted by molar-refractivity contribution is -0.121. The minimum atomic E-state index is -3.23. The standard InChI is InChI=1S/C21H27NO5S/c1-5-18(16-8-10-17(11-9-16)28(4,24)25)22-21(23)13-7-15-6-12-19(26-2)20(14-15)27-3/h6,8-12,14,18H,5,7,13H2,1-4H3,(H,22,23)/t18-/m1/s1. The lowest BCUT2D eigenvalue weighted by Crippen LogP contribution is -2.28. The lowest BCUT2D eigenvalue weighted by Gasteiger charge is -2.18. The number of benzene rings is 2. The summed E-state index contributed by atoms with van der Waals surface area (Å²) in [5, 5.41) is 3.02. The average molecular weight is 406 g/mol. The summed E-state index contributed by atoms with van der Waals surface area (Å²) < 4.78 is 33.7. The minimum absolute atomic E-state index is 0.0613. The molecule has 0 aliphatic carbocycles. The number of ether oxygens (including phenoxy) is 2. The summed E-state index contributed by atoms with van der Waals surface area (Å²) in [5.41, 5.74) is 1.87. The predicted octanol–water partition coefficient (Wildman–Crippen LogP) is 3.31. The van der Waals surface area contributed by atoms with Gasteiger partial charge < -0.3 is 14.8 Å². The molecule has 1 amide bonds. The van der Waals surface area contributed by atoms with Crippen molar-refractivity contribution in [1.29, 1.82) is 0 Å². The van der Waals surface area contributed by atoms with Crippen LogP contribution in [0, 0.1) is 0 Å². The fraction of sp³-hybridized carbons (Fsp3) is 0.381. The molecule has 0 aliphatic heterocycles. The Morgan fingerprint density at radius 2 is 1.68 bits per heavy atom. The number of nitrogens with one attached hydrogen (secondary N) is 1. The predicted molar refractivity (Wildman–Crippen MR) is 109 cm³/mol. The van der Waals surface area contributed by atoms with Gasteiger partial charge in [0, 0.05) is 12.7 Å². The number of amides is 1. The van der Waals surface area contributed by atoms with Gasteiger partial charge in [-0.2, -0.15) is 0 Å². The third-order valence-electron chi connectivity index (χ3n) is 4.54. The van der Waals surface area contributed by atoms with Crippen LogP contribution in [0.4, 0.5) is 0 Å². The molecular formula is C21H27NO5S. The summed E-state index contributed by atoms with van der Waals surface area (Å²) in [6.07, 6.45) is 2.80. The maximum atomic E-state index is 12.4. The Hall–Kier alpha value is -2.54. The second-order valence-electron chi connectivity index (χ2n) is 6.56. The van der Waals surface area contributed by atoms with Crippen molar-refractivity contribution in [2.45, 2.75) is 37.1 Å². The van der Waals surface area contributed by atoms with Crippen LogP contribution in [-0.4, -0.2) is 34.8 Å². The van der Waals surface area contributed by atoms with Crippen molar-refractivity contribution in [2.24, 2.45) is 0 Å². The molecule has 152 valence electrons. The first-order chi connectivity index (χ1) is 13.3. The third kappa shape index (κ3) is 5.73. The number of aryl methyl sites for hydroxylation is 1. The van der Waals surface area contributed by atoms with E-state index in [0.29, 0.717) is 30.8 Å². The van der Waals surface area contributed by atoms with Crippen LogP contribution in [0.3, 0.4) is 0 Å². The number of hydrogen-bond donors (Lipinski definition) is 1. The quantitative estimate of drug-likeness (QED) is 0.692. The number of sulfone groups is 1. The van der Waals surface area contributed by atoms with Crippen LogP contribution in [0.15, 0.2) is 47.4 Å². The highest BCUT2D eigenvalue weighted by molar-refractivity contribution is 7.90. The van der Waals surface area contributed by atoms with E-state index in [-0.39, 0.29) is 16.8 Å². The first kappa shape index (κ1) is 21.8. The molecule has 0 saturated heterocycles. The molecule has 0 aliphatic rings. The Morgan fingerprint density at radius 3 is 2.21 bits per heavy atom. The molecule has 1 N–H and O–H groups in total. The largest absolute Gasteiger partial charge is 0.493 e. The van der Waals surface area contributed by atoms with E-state index in [4.69, 9.17) is 9.47 Å². The van der Waals surface area contributed by atoms with Crippen LogP contribution in [0.1, 0.15) is 36.9 Å². The SMILES string of the molecule is CC[C@@H](NC(=O)CCc1ccc(OC)c(OC)c1)c1ccc(S(C)(=O)=O)cc1. The first-order valence-electron chi connectivity index (χ1n) is 9.08. The van der Waals surface area contributed by atoms with Gasteiger partial charge in [-0.1, -0.05) is 25.1 Å². The van der Waals surface area contributed by atoms with Gasteiger partial charge >= 0.3 is 0 Å². The molecule has 2 rings (SSSR count). The van der Waals surface area contributed by atoms with Gasteiger partial charge in [-0.05, 0) is 48.2 Å². The Balaban J connectivity index is 1.99. The van der Waals surface area contributed by atoms with Crippen LogP contribution in [0.2, 0.25) is 0 Å². The van der Waals surface area contributed by atoms with Crippen molar-refractivity contribution in [3.8, 4) is 11.5 Å². The number of rotatable bonds is 9. The summed E-state index contributed by atoms with van der Waals surface area (Å²) in [4.78, 5) is 12.7.